The number of halogens is 1. The van der Waals surface area contributed by atoms with Crippen molar-refractivity contribution < 1.29 is 13.2 Å². The second-order valence-corrected chi connectivity index (χ2v) is 6.78. The second-order valence-electron chi connectivity index (χ2n) is 5.81. The second kappa shape index (κ2) is 6.57. The van der Waals surface area contributed by atoms with Crippen molar-refractivity contribution in [2.24, 2.45) is 0 Å². The highest BCUT2D eigenvalue weighted by molar-refractivity contribution is 7.99. The van der Waals surface area contributed by atoms with Crippen molar-refractivity contribution >= 4 is 17.4 Å². The molecule has 10 heteroatoms. The molecule has 0 saturated heterocycles. The maximum atomic E-state index is 14.1. The standard InChI is InChI=1S/C18H11FN6O2S/c1-10-11(8-9-26-10)17-22-23-18(27-17)28-15-7-6-14-20-21-16(25(14)24-15)12-4-2-3-5-13(12)19/h2-9H,1H3. The van der Waals surface area contributed by atoms with Gasteiger partial charge < -0.3 is 8.83 Å². The minimum Gasteiger partial charge on any atom is -0.469 e. The number of hydrogen-bond acceptors (Lipinski definition) is 8. The van der Waals surface area contributed by atoms with Crippen molar-refractivity contribution in [1.82, 2.24) is 30.0 Å². The number of benzene rings is 1. The van der Waals surface area contributed by atoms with E-state index in [1.165, 1.54) is 22.3 Å². The Morgan fingerprint density at radius 2 is 1.86 bits per heavy atom. The summed E-state index contributed by atoms with van der Waals surface area (Å²) in [5.74, 6) is 0.981. The number of nitrogens with zero attached hydrogens (tertiary/aromatic N) is 6. The molecule has 1 aromatic carbocycles. The molecule has 0 fully saturated rings. The van der Waals surface area contributed by atoms with Crippen LogP contribution in [0, 0.1) is 12.7 Å². The Labute approximate surface area is 161 Å². The van der Waals surface area contributed by atoms with Gasteiger partial charge in [-0.15, -0.1) is 20.4 Å². The zero-order chi connectivity index (χ0) is 19.1. The topological polar surface area (TPSA) is 95.1 Å². The van der Waals surface area contributed by atoms with E-state index in [1.807, 2.05) is 6.92 Å². The molecular formula is C18H11FN6O2S. The molecule has 0 aliphatic rings. The van der Waals surface area contributed by atoms with Gasteiger partial charge in [-0.05, 0) is 49.0 Å². The molecule has 4 heterocycles. The molecule has 0 atom stereocenters. The molecule has 138 valence electrons. The number of rotatable bonds is 4. The third-order valence-electron chi connectivity index (χ3n) is 4.04. The molecule has 4 aromatic heterocycles. The van der Waals surface area contributed by atoms with Crippen LogP contribution in [0.15, 0.2) is 67.8 Å². The molecule has 28 heavy (non-hydrogen) atoms. The SMILES string of the molecule is Cc1occc1-c1nnc(Sc2ccc3nnc(-c4ccccc4F)n3n2)o1. The van der Waals surface area contributed by atoms with Crippen LogP contribution in [0.1, 0.15) is 5.76 Å². The van der Waals surface area contributed by atoms with Gasteiger partial charge in [0.15, 0.2) is 11.5 Å². The zero-order valence-electron chi connectivity index (χ0n) is 14.4. The summed E-state index contributed by atoms with van der Waals surface area (Å²) in [6.45, 7) is 1.82. The zero-order valence-corrected chi connectivity index (χ0v) is 15.2. The van der Waals surface area contributed by atoms with Crippen LogP contribution in [0.2, 0.25) is 0 Å². The molecule has 0 N–H and O–H groups in total. The smallest absolute Gasteiger partial charge is 0.283 e. The van der Waals surface area contributed by atoms with Gasteiger partial charge in [-0.1, -0.05) is 12.1 Å². The van der Waals surface area contributed by atoms with E-state index in [9.17, 15) is 4.39 Å². The molecule has 5 rings (SSSR count). The Bertz CT molecular complexity index is 1290. The van der Waals surface area contributed by atoms with Crippen LogP contribution in [0.5, 0.6) is 0 Å². The number of aromatic nitrogens is 6. The summed E-state index contributed by atoms with van der Waals surface area (Å²) in [6.07, 6.45) is 1.56. The Hall–Kier alpha value is -3.53. The highest BCUT2D eigenvalue weighted by atomic mass is 32.2. The minimum absolute atomic E-state index is 0.316. The molecule has 0 bridgehead atoms. The minimum atomic E-state index is -0.395. The first-order chi connectivity index (χ1) is 13.7. The van der Waals surface area contributed by atoms with Gasteiger partial charge in [0.1, 0.15) is 16.6 Å². The van der Waals surface area contributed by atoms with Gasteiger partial charge in [0, 0.05) is 0 Å². The van der Waals surface area contributed by atoms with E-state index in [2.05, 4.69) is 25.5 Å². The molecule has 8 nitrogen and oxygen atoms in total. The van der Waals surface area contributed by atoms with Crippen molar-refractivity contribution in [2.75, 3.05) is 0 Å². The highest BCUT2D eigenvalue weighted by Gasteiger charge is 2.17. The number of hydrogen-bond donors (Lipinski definition) is 0. The van der Waals surface area contributed by atoms with Gasteiger partial charge in [-0.3, -0.25) is 0 Å². The Morgan fingerprint density at radius 1 is 0.964 bits per heavy atom. The van der Waals surface area contributed by atoms with Crippen LogP contribution in [0.4, 0.5) is 4.39 Å². The lowest BCUT2D eigenvalue weighted by atomic mass is 10.2. The van der Waals surface area contributed by atoms with Gasteiger partial charge in [0.05, 0.1) is 17.4 Å². The molecule has 0 aliphatic heterocycles. The fourth-order valence-corrected chi connectivity index (χ4v) is 3.33. The van der Waals surface area contributed by atoms with Gasteiger partial charge in [0.25, 0.3) is 11.1 Å². The predicted molar refractivity (Wildman–Crippen MR) is 97.0 cm³/mol. The third-order valence-corrected chi connectivity index (χ3v) is 4.81. The highest BCUT2D eigenvalue weighted by Crippen LogP contribution is 2.30. The molecule has 0 spiro atoms. The van der Waals surface area contributed by atoms with E-state index in [-0.39, 0.29) is 0 Å². The first-order valence-electron chi connectivity index (χ1n) is 8.22. The molecule has 0 amide bonds. The van der Waals surface area contributed by atoms with E-state index < -0.39 is 5.82 Å². The summed E-state index contributed by atoms with van der Waals surface area (Å²) in [7, 11) is 0. The first kappa shape index (κ1) is 16.6. The average molecular weight is 394 g/mol. The molecule has 0 aliphatic carbocycles. The first-order valence-corrected chi connectivity index (χ1v) is 9.04. The summed E-state index contributed by atoms with van der Waals surface area (Å²) in [5, 5.41) is 21.6. The molecule has 0 radical (unpaired) electrons. The molecule has 0 unspecified atom stereocenters. The quantitative estimate of drug-likeness (QED) is 0.451. The van der Waals surface area contributed by atoms with Gasteiger partial charge in [0.2, 0.25) is 0 Å². The summed E-state index contributed by atoms with van der Waals surface area (Å²) in [6, 6.07) is 11.6. The number of fused-ring (bicyclic) bond motifs is 1. The summed E-state index contributed by atoms with van der Waals surface area (Å²) >= 11 is 1.19. The van der Waals surface area contributed by atoms with Crippen LogP contribution in [0.3, 0.4) is 0 Å². The van der Waals surface area contributed by atoms with E-state index in [0.29, 0.717) is 38.9 Å². The normalized spacial score (nSPS) is 11.4. The van der Waals surface area contributed by atoms with E-state index in [4.69, 9.17) is 8.83 Å². The van der Waals surface area contributed by atoms with Gasteiger partial charge in [-0.25, -0.2) is 4.39 Å². The van der Waals surface area contributed by atoms with Crippen molar-refractivity contribution in [3.63, 3.8) is 0 Å². The van der Waals surface area contributed by atoms with Crippen molar-refractivity contribution in [3.8, 4) is 22.8 Å². The van der Waals surface area contributed by atoms with Crippen LogP contribution in [0.25, 0.3) is 28.5 Å². The molecular weight excluding hydrogens is 383 g/mol. The van der Waals surface area contributed by atoms with Crippen LogP contribution < -0.4 is 0 Å². The summed E-state index contributed by atoms with van der Waals surface area (Å²) in [5.41, 5.74) is 1.56. The monoisotopic (exact) mass is 394 g/mol. The molecule has 5 aromatic rings. The fraction of sp³-hybridized carbons (Fsp3) is 0.0556. The summed E-state index contributed by atoms with van der Waals surface area (Å²) in [4.78, 5) is 0. The Balaban J connectivity index is 1.49. The van der Waals surface area contributed by atoms with Crippen molar-refractivity contribution in [3.05, 3.63) is 60.3 Å². The predicted octanol–water partition coefficient (Wildman–Crippen LogP) is 4.03. The number of furan rings is 1. The fourth-order valence-electron chi connectivity index (χ4n) is 2.69. The lowest BCUT2D eigenvalue weighted by Gasteiger charge is -2.02. The van der Waals surface area contributed by atoms with E-state index >= 15 is 0 Å². The maximum Gasteiger partial charge on any atom is 0.283 e. The van der Waals surface area contributed by atoms with Crippen LogP contribution in [-0.2, 0) is 0 Å². The average Bonchev–Trinajstić information content (AvgIpc) is 3.42. The Morgan fingerprint density at radius 3 is 2.68 bits per heavy atom. The largest absolute Gasteiger partial charge is 0.469 e. The maximum absolute atomic E-state index is 14.1. The third kappa shape index (κ3) is 2.83. The van der Waals surface area contributed by atoms with Crippen molar-refractivity contribution in [1.29, 1.82) is 0 Å². The lowest BCUT2D eigenvalue weighted by molar-refractivity contribution is 0.463. The van der Waals surface area contributed by atoms with Crippen molar-refractivity contribution in [2.45, 2.75) is 17.2 Å². The van der Waals surface area contributed by atoms with E-state index in [1.54, 1.807) is 42.7 Å². The lowest BCUT2D eigenvalue weighted by Crippen LogP contribution is -1.97. The van der Waals surface area contributed by atoms with E-state index in [0.717, 1.165) is 5.56 Å². The van der Waals surface area contributed by atoms with Crippen LogP contribution in [-0.4, -0.2) is 30.0 Å². The number of aryl methyl sites for hydroxylation is 1. The summed E-state index contributed by atoms with van der Waals surface area (Å²) < 4.78 is 26.6. The van der Waals surface area contributed by atoms with Gasteiger partial charge >= 0.3 is 0 Å². The van der Waals surface area contributed by atoms with Crippen LogP contribution >= 0.6 is 11.8 Å². The van der Waals surface area contributed by atoms with Gasteiger partial charge in [-0.2, -0.15) is 9.61 Å². The molecule has 0 saturated carbocycles. The Kier molecular flexibility index (Phi) is 3.90.